The molecule has 0 fully saturated rings. The third kappa shape index (κ3) is 2.68. The number of carbonyl (C=O) groups is 1. The molecule has 0 unspecified atom stereocenters. The second-order valence-electron chi connectivity index (χ2n) is 3.27. The van der Waals surface area contributed by atoms with Crippen LogP contribution < -0.4 is 5.32 Å². The maximum absolute atomic E-state index is 11.9. The Morgan fingerprint density at radius 3 is 2.87 bits per heavy atom. The molecule has 0 aromatic carbocycles. The molecule has 0 spiro atoms. The van der Waals surface area contributed by atoms with Gasteiger partial charge in [0.25, 0.3) is 5.91 Å². The van der Waals surface area contributed by atoms with Crippen molar-refractivity contribution in [2.24, 2.45) is 0 Å². The van der Waals surface area contributed by atoms with Crippen LogP contribution >= 0.6 is 0 Å². The van der Waals surface area contributed by atoms with Crippen molar-refractivity contribution in [2.75, 3.05) is 25.5 Å². The van der Waals surface area contributed by atoms with E-state index in [0.717, 1.165) is 12.2 Å². The van der Waals surface area contributed by atoms with Crippen LogP contribution in [0.4, 0.5) is 5.69 Å². The summed E-state index contributed by atoms with van der Waals surface area (Å²) in [7, 11) is 1.78. The van der Waals surface area contributed by atoms with Crippen molar-refractivity contribution in [2.45, 2.75) is 13.8 Å². The van der Waals surface area contributed by atoms with Gasteiger partial charge >= 0.3 is 0 Å². The summed E-state index contributed by atoms with van der Waals surface area (Å²) in [4.78, 5) is 17.6. The average molecular weight is 207 g/mol. The second-order valence-corrected chi connectivity index (χ2v) is 3.27. The Labute approximate surface area is 90.3 Å². The number of anilines is 1. The molecule has 0 bridgehead atoms. The van der Waals surface area contributed by atoms with Gasteiger partial charge in [0, 0.05) is 32.5 Å². The minimum Gasteiger partial charge on any atom is -0.385 e. The Morgan fingerprint density at radius 2 is 2.27 bits per heavy atom. The molecule has 15 heavy (non-hydrogen) atoms. The molecule has 0 aliphatic heterocycles. The fourth-order valence-corrected chi connectivity index (χ4v) is 1.26. The summed E-state index contributed by atoms with van der Waals surface area (Å²) >= 11 is 0. The number of hydrogen-bond donors (Lipinski definition) is 1. The Hall–Kier alpha value is -1.58. The van der Waals surface area contributed by atoms with Crippen LogP contribution in [-0.2, 0) is 0 Å². The summed E-state index contributed by atoms with van der Waals surface area (Å²) in [5, 5.41) is 3.15. The minimum atomic E-state index is 0.00144. The van der Waals surface area contributed by atoms with Crippen LogP contribution in [0.15, 0.2) is 18.5 Å². The van der Waals surface area contributed by atoms with Crippen LogP contribution in [0.3, 0.4) is 0 Å². The Morgan fingerprint density at radius 1 is 1.53 bits per heavy atom. The van der Waals surface area contributed by atoms with Gasteiger partial charge in [0.2, 0.25) is 0 Å². The maximum Gasteiger partial charge on any atom is 0.257 e. The van der Waals surface area contributed by atoms with Crippen molar-refractivity contribution in [3.63, 3.8) is 0 Å². The zero-order valence-corrected chi connectivity index (χ0v) is 9.45. The monoisotopic (exact) mass is 207 g/mol. The van der Waals surface area contributed by atoms with Crippen LogP contribution in [0.5, 0.6) is 0 Å². The van der Waals surface area contributed by atoms with E-state index in [0.29, 0.717) is 12.1 Å². The molecule has 1 heterocycles. The highest BCUT2D eigenvalue weighted by Gasteiger charge is 2.13. The fourth-order valence-electron chi connectivity index (χ4n) is 1.26. The number of hydrogen-bond acceptors (Lipinski definition) is 3. The summed E-state index contributed by atoms with van der Waals surface area (Å²) in [6.07, 6.45) is 3.28. The lowest BCUT2D eigenvalue weighted by atomic mass is 10.2. The van der Waals surface area contributed by atoms with Crippen LogP contribution in [0.2, 0.25) is 0 Å². The maximum atomic E-state index is 11.9. The SMILES string of the molecule is CCNc1ccncc1C(=O)N(C)CC. The van der Waals surface area contributed by atoms with Gasteiger partial charge in [0.05, 0.1) is 11.3 Å². The summed E-state index contributed by atoms with van der Waals surface area (Å²) in [6, 6.07) is 1.82. The first-order valence-corrected chi connectivity index (χ1v) is 5.14. The normalized spacial score (nSPS) is 9.80. The molecule has 0 radical (unpaired) electrons. The minimum absolute atomic E-state index is 0.00144. The summed E-state index contributed by atoms with van der Waals surface area (Å²) in [5.41, 5.74) is 1.47. The Kier molecular flexibility index (Phi) is 4.09. The molecule has 1 aromatic heterocycles. The van der Waals surface area contributed by atoms with E-state index in [4.69, 9.17) is 0 Å². The predicted octanol–water partition coefficient (Wildman–Crippen LogP) is 1.61. The van der Waals surface area contributed by atoms with E-state index in [1.165, 1.54) is 0 Å². The molecular weight excluding hydrogens is 190 g/mol. The van der Waals surface area contributed by atoms with Crippen LogP contribution in [-0.4, -0.2) is 35.9 Å². The van der Waals surface area contributed by atoms with Crippen molar-refractivity contribution in [3.8, 4) is 0 Å². The van der Waals surface area contributed by atoms with Gasteiger partial charge in [-0.3, -0.25) is 9.78 Å². The quantitative estimate of drug-likeness (QED) is 0.815. The molecule has 1 amide bonds. The topological polar surface area (TPSA) is 45.2 Å². The average Bonchev–Trinajstić information content (AvgIpc) is 2.28. The molecule has 0 atom stereocenters. The molecule has 0 saturated heterocycles. The van der Waals surface area contributed by atoms with E-state index in [1.54, 1.807) is 24.3 Å². The van der Waals surface area contributed by atoms with Gasteiger partial charge < -0.3 is 10.2 Å². The van der Waals surface area contributed by atoms with E-state index in [1.807, 2.05) is 19.9 Å². The van der Waals surface area contributed by atoms with Crippen LogP contribution in [0, 0.1) is 0 Å². The van der Waals surface area contributed by atoms with E-state index < -0.39 is 0 Å². The highest BCUT2D eigenvalue weighted by Crippen LogP contribution is 2.14. The molecule has 0 aliphatic carbocycles. The van der Waals surface area contributed by atoms with E-state index in [9.17, 15) is 4.79 Å². The standard InChI is InChI=1S/C11H17N3O/c1-4-13-10-6-7-12-8-9(10)11(15)14(3)5-2/h6-8H,4-5H2,1-3H3,(H,12,13). The van der Waals surface area contributed by atoms with Gasteiger partial charge in [-0.25, -0.2) is 0 Å². The third-order valence-corrected chi connectivity index (χ3v) is 2.24. The number of pyridine rings is 1. The zero-order valence-electron chi connectivity index (χ0n) is 9.45. The van der Waals surface area contributed by atoms with Crippen molar-refractivity contribution in [1.29, 1.82) is 0 Å². The van der Waals surface area contributed by atoms with E-state index >= 15 is 0 Å². The lowest BCUT2D eigenvalue weighted by Gasteiger charge is -2.16. The third-order valence-electron chi connectivity index (χ3n) is 2.24. The Balaban J connectivity index is 2.96. The van der Waals surface area contributed by atoms with Gasteiger partial charge in [-0.1, -0.05) is 0 Å². The van der Waals surface area contributed by atoms with Gasteiger partial charge in [0.15, 0.2) is 0 Å². The smallest absolute Gasteiger partial charge is 0.257 e. The first-order chi connectivity index (χ1) is 7.20. The molecule has 0 aliphatic rings. The number of nitrogens with one attached hydrogen (secondary N) is 1. The highest BCUT2D eigenvalue weighted by molar-refractivity contribution is 5.99. The van der Waals surface area contributed by atoms with Gasteiger partial charge in [-0.15, -0.1) is 0 Å². The summed E-state index contributed by atoms with van der Waals surface area (Å²) in [5.74, 6) is 0.00144. The molecule has 4 heteroatoms. The molecule has 0 saturated carbocycles. The molecule has 1 aromatic rings. The van der Waals surface area contributed by atoms with Crippen molar-refractivity contribution in [1.82, 2.24) is 9.88 Å². The largest absolute Gasteiger partial charge is 0.385 e. The lowest BCUT2D eigenvalue weighted by Crippen LogP contribution is -2.27. The first kappa shape index (κ1) is 11.5. The highest BCUT2D eigenvalue weighted by atomic mass is 16.2. The molecule has 4 nitrogen and oxygen atoms in total. The Bertz CT molecular complexity index is 338. The summed E-state index contributed by atoms with van der Waals surface area (Å²) < 4.78 is 0. The zero-order chi connectivity index (χ0) is 11.3. The second kappa shape index (κ2) is 5.34. The van der Waals surface area contributed by atoms with Crippen molar-refractivity contribution >= 4 is 11.6 Å². The number of nitrogens with zero attached hydrogens (tertiary/aromatic N) is 2. The van der Waals surface area contributed by atoms with Gasteiger partial charge in [0.1, 0.15) is 0 Å². The van der Waals surface area contributed by atoms with Crippen molar-refractivity contribution in [3.05, 3.63) is 24.0 Å². The van der Waals surface area contributed by atoms with Gasteiger partial charge in [-0.2, -0.15) is 0 Å². The molecule has 1 N–H and O–H groups in total. The molecule has 82 valence electrons. The number of carbonyl (C=O) groups excluding carboxylic acids is 1. The number of rotatable bonds is 4. The van der Waals surface area contributed by atoms with Crippen molar-refractivity contribution < 1.29 is 4.79 Å². The van der Waals surface area contributed by atoms with Gasteiger partial charge in [-0.05, 0) is 19.9 Å². The molecular formula is C11H17N3O. The van der Waals surface area contributed by atoms with Crippen LogP contribution in [0.25, 0.3) is 0 Å². The summed E-state index contributed by atoms with van der Waals surface area (Å²) in [6.45, 7) is 5.43. The van der Waals surface area contributed by atoms with Crippen LogP contribution in [0.1, 0.15) is 24.2 Å². The fraction of sp³-hybridized carbons (Fsp3) is 0.455. The van der Waals surface area contributed by atoms with E-state index in [-0.39, 0.29) is 5.91 Å². The van der Waals surface area contributed by atoms with E-state index in [2.05, 4.69) is 10.3 Å². The lowest BCUT2D eigenvalue weighted by molar-refractivity contribution is 0.0803. The number of aromatic nitrogens is 1. The first-order valence-electron chi connectivity index (χ1n) is 5.14. The predicted molar refractivity (Wildman–Crippen MR) is 61.0 cm³/mol. The molecule has 1 rings (SSSR count). The number of amides is 1.